The summed E-state index contributed by atoms with van der Waals surface area (Å²) >= 11 is 1.47. The van der Waals surface area contributed by atoms with Crippen LogP contribution in [-0.4, -0.2) is 31.0 Å². The van der Waals surface area contributed by atoms with Gasteiger partial charge in [0.15, 0.2) is 0 Å². The molecule has 32 heavy (non-hydrogen) atoms. The molecule has 1 amide bonds. The first-order valence-electron chi connectivity index (χ1n) is 10.0. The Balaban J connectivity index is 1.69. The molecule has 0 N–H and O–H groups in total. The summed E-state index contributed by atoms with van der Waals surface area (Å²) in [4.78, 5) is 15.5. The summed E-state index contributed by atoms with van der Waals surface area (Å²) in [7, 11) is -4.10. The average Bonchev–Trinajstić information content (AvgIpc) is 2.76. The van der Waals surface area contributed by atoms with Gasteiger partial charge < -0.3 is 9.08 Å². The first-order valence-corrected chi connectivity index (χ1v) is 12.4. The Bertz CT molecular complexity index is 1150. The number of thioether (sulfide) groups is 1. The van der Waals surface area contributed by atoms with Crippen LogP contribution in [0.5, 0.6) is 5.75 Å². The first-order chi connectivity index (χ1) is 15.2. The molecule has 0 radical (unpaired) electrons. The highest BCUT2D eigenvalue weighted by Gasteiger charge is 2.20. The third kappa shape index (κ3) is 6.58. The molecule has 0 aliphatic rings. The number of nitrogens with zero attached hydrogens (tertiary/aromatic N) is 1. The molecule has 0 aliphatic carbocycles. The quantitative estimate of drug-likeness (QED) is 0.319. The third-order valence-electron chi connectivity index (χ3n) is 4.61. The van der Waals surface area contributed by atoms with Crippen molar-refractivity contribution >= 4 is 27.8 Å². The van der Waals surface area contributed by atoms with Gasteiger partial charge in [-0.05, 0) is 67.9 Å². The fourth-order valence-corrected chi connectivity index (χ4v) is 4.70. The van der Waals surface area contributed by atoms with Gasteiger partial charge in [0.1, 0.15) is 16.5 Å². The molecule has 0 atom stereocenters. The summed E-state index contributed by atoms with van der Waals surface area (Å²) in [6.07, 6.45) is 0. The molecule has 0 heterocycles. The van der Waals surface area contributed by atoms with E-state index in [0.717, 1.165) is 34.7 Å². The number of hydrogen-bond donors (Lipinski definition) is 0. The van der Waals surface area contributed by atoms with E-state index in [9.17, 15) is 17.6 Å². The van der Waals surface area contributed by atoms with Crippen LogP contribution < -0.4 is 4.18 Å². The lowest BCUT2D eigenvalue weighted by Gasteiger charge is -2.27. The van der Waals surface area contributed by atoms with Crippen molar-refractivity contribution in [2.75, 3.05) is 5.75 Å². The van der Waals surface area contributed by atoms with Crippen molar-refractivity contribution in [3.05, 3.63) is 90.2 Å². The van der Waals surface area contributed by atoms with Gasteiger partial charge in [0.05, 0.1) is 5.75 Å². The summed E-state index contributed by atoms with van der Waals surface area (Å²) in [5.41, 5.74) is 0.739. The summed E-state index contributed by atoms with van der Waals surface area (Å²) in [5, 5.41) is 0. The van der Waals surface area contributed by atoms with E-state index in [1.807, 2.05) is 50.2 Å². The molecule has 0 aromatic heterocycles. The minimum Gasteiger partial charge on any atom is -0.379 e. The van der Waals surface area contributed by atoms with Crippen LogP contribution in [0.3, 0.4) is 0 Å². The molecule has 0 saturated carbocycles. The molecular formula is C24H24FNO4S2. The molecule has 0 fully saturated rings. The summed E-state index contributed by atoms with van der Waals surface area (Å²) in [5.74, 6) is -0.118. The van der Waals surface area contributed by atoms with E-state index >= 15 is 0 Å². The van der Waals surface area contributed by atoms with Gasteiger partial charge in [0.25, 0.3) is 0 Å². The molecule has 0 saturated heterocycles. The van der Waals surface area contributed by atoms with Gasteiger partial charge >= 0.3 is 10.1 Å². The lowest BCUT2D eigenvalue weighted by atomic mass is 10.2. The smallest absolute Gasteiger partial charge is 0.339 e. The van der Waals surface area contributed by atoms with E-state index in [0.29, 0.717) is 12.3 Å². The van der Waals surface area contributed by atoms with Gasteiger partial charge in [0.2, 0.25) is 5.91 Å². The molecule has 168 valence electrons. The van der Waals surface area contributed by atoms with Gasteiger partial charge in [-0.3, -0.25) is 4.79 Å². The number of hydrogen-bond acceptors (Lipinski definition) is 5. The third-order valence-corrected chi connectivity index (χ3v) is 6.87. The Morgan fingerprint density at radius 3 is 2.34 bits per heavy atom. The molecule has 5 nitrogen and oxygen atoms in total. The zero-order chi connectivity index (χ0) is 23.1. The van der Waals surface area contributed by atoms with Gasteiger partial charge in [-0.15, -0.1) is 11.8 Å². The van der Waals surface area contributed by atoms with Crippen molar-refractivity contribution < 1.29 is 21.8 Å². The summed E-state index contributed by atoms with van der Waals surface area (Å²) in [6, 6.07) is 20.7. The summed E-state index contributed by atoms with van der Waals surface area (Å²) < 4.78 is 43.2. The van der Waals surface area contributed by atoms with E-state index in [1.54, 1.807) is 17.0 Å². The van der Waals surface area contributed by atoms with Crippen molar-refractivity contribution in [1.29, 1.82) is 0 Å². The van der Waals surface area contributed by atoms with Gasteiger partial charge in [0, 0.05) is 17.5 Å². The minimum absolute atomic E-state index is 0.0147. The van der Waals surface area contributed by atoms with Gasteiger partial charge in [-0.2, -0.15) is 8.42 Å². The maximum Gasteiger partial charge on any atom is 0.339 e. The molecule has 8 heteroatoms. The predicted molar refractivity (Wildman–Crippen MR) is 124 cm³/mol. The van der Waals surface area contributed by atoms with Crippen LogP contribution in [0.15, 0.2) is 88.7 Å². The van der Waals surface area contributed by atoms with E-state index < -0.39 is 15.9 Å². The highest BCUT2D eigenvalue weighted by molar-refractivity contribution is 8.00. The largest absolute Gasteiger partial charge is 0.379 e. The Labute approximate surface area is 192 Å². The zero-order valence-corrected chi connectivity index (χ0v) is 19.4. The second-order valence-electron chi connectivity index (χ2n) is 7.36. The van der Waals surface area contributed by atoms with E-state index in [-0.39, 0.29) is 22.6 Å². The van der Waals surface area contributed by atoms with Crippen LogP contribution >= 0.6 is 11.8 Å². The van der Waals surface area contributed by atoms with Crippen molar-refractivity contribution in [3.63, 3.8) is 0 Å². The highest BCUT2D eigenvalue weighted by atomic mass is 32.2. The van der Waals surface area contributed by atoms with Crippen molar-refractivity contribution in [1.82, 2.24) is 4.90 Å². The molecular weight excluding hydrogens is 449 g/mol. The standard InChI is InChI=1S/C24H24FNO4S2/c1-18(2)26(24(27)17-31-22-9-4-3-5-10-22)16-19-7-6-8-21(15-19)30-32(28,29)23-13-11-20(25)12-14-23/h3-15,18H,16-17H2,1-2H3. The Morgan fingerprint density at radius 2 is 1.69 bits per heavy atom. The molecule has 3 rings (SSSR count). The van der Waals surface area contributed by atoms with E-state index in [1.165, 1.54) is 17.8 Å². The topological polar surface area (TPSA) is 63.7 Å². The predicted octanol–water partition coefficient (Wildman–Crippen LogP) is 5.12. The van der Waals surface area contributed by atoms with E-state index in [4.69, 9.17) is 4.18 Å². The number of carbonyl (C=O) groups excluding carboxylic acids is 1. The zero-order valence-electron chi connectivity index (χ0n) is 17.8. The van der Waals surface area contributed by atoms with Gasteiger partial charge in [-0.1, -0.05) is 30.3 Å². The Morgan fingerprint density at radius 1 is 1.00 bits per heavy atom. The number of amides is 1. The number of benzene rings is 3. The minimum atomic E-state index is -4.10. The van der Waals surface area contributed by atoms with Gasteiger partial charge in [-0.25, -0.2) is 4.39 Å². The Kier molecular flexibility index (Phi) is 7.93. The first kappa shape index (κ1) is 23.8. The fraction of sp³-hybridized carbons (Fsp3) is 0.208. The monoisotopic (exact) mass is 473 g/mol. The second kappa shape index (κ2) is 10.7. The SMILES string of the molecule is CC(C)N(Cc1cccc(OS(=O)(=O)c2ccc(F)cc2)c1)C(=O)CSc1ccccc1. The van der Waals surface area contributed by atoms with Crippen LogP contribution in [0, 0.1) is 5.82 Å². The van der Waals surface area contributed by atoms with Crippen LogP contribution in [0.1, 0.15) is 19.4 Å². The lowest BCUT2D eigenvalue weighted by molar-refractivity contribution is -0.130. The van der Waals surface area contributed by atoms with E-state index in [2.05, 4.69) is 0 Å². The normalized spacial score (nSPS) is 11.4. The van der Waals surface area contributed by atoms with Crippen LogP contribution in [0.4, 0.5) is 4.39 Å². The molecule has 0 bridgehead atoms. The Hall–Kier alpha value is -2.84. The molecule has 0 unspecified atom stereocenters. The number of rotatable bonds is 9. The van der Waals surface area contributed by atoms with Crippen LogP contribution in [0.2, 0.25) is 0 Å². The highest BCUT2D eigenvalue weighted by Crippen LogP contribution is 2.23. The average molecular weight is 474 g/mol. The molecule has 0 aliphatic heterocycles. The second-order valence-corrected chi connectivity index (χ2v) is 9.95. The maximum atomic E-state index is 13.1. The van der Waals surface area contributed by atoms with Crippen molar-refractivity contribution in [3.8, 4) is 5.75 Å². The number of halogens is 1. The lowest BCUT2D eigenvalue weighted by Crippen LogP contribution is -2.37. The van der Waals surface area contributed by atoms with Crippen molar-refractivity contribution in [2.45, 2.75) is 36.2 Å². The number of carbonyl (C=O) groups is 1. The van der Waals surface area contributed by atoms with Crippen LogP contribution in [0.25, 0.3) is 0 Å². The fourth-order valence-electron chi connectivity index (χ4n) is 2.97. The molecule has 3 aromatic carbocycles. The molecule has 0 spiro atoms. The summed E-state index contributed by atoms with van der Waals surface area (Å²) in [6.45, 7) is 4.19. The molecule has 3 aromatic rings. The van der Waals surface area contributed by atoms with Crippen molar-refractivity contribution in [2.24, 2.45) is 0 Å². The van der Waals surface area contributed by atoms with Crippen LogP contribution in [-0.2, 0) is 21.5 Å². The maximum absolute atomic E-state index is 13.1.